The molecule has 1 heterocycles. The zero-order valence-corrected chi connectivity index (χ0v) is 12.0. The molecule has 0 fully saturated rings. The van der Waals surface area contributed by atoms with Crippen molar-refractivity contribution in [3.8, 4) is 11.5 Å². The first-order valence-corrected chi connectivity index (χ1v) is 6.17. The van der Waals surface area contributed by atoms with E-state index >= 15 is 0 Å². The summed E-state index contributed by atoms with van der Waals surface area (Å²) in [5, 5.41) is 14.4. The number of rotatable bonds is 3. The number of hydrogen-bond acceptors (Lipinski definition) is 5. The number of phenolic OH excluding ortho intramolecular Hbond substituents is 1. The first-order valence-electron chi connectivity index (χ1n) is 6.17. The molecule has 3 N–H and O–H groups in total. The lowest BCUT2D eigenvalue weighted by Crippen LogP contribution is -2.00. The lowest BCUT2D eigenvalue weighted by Gasteiger charge is -2.11. The van der Waals surface area contributed by atoms with Gasteiger partial charge in [-0.25, -0.2) is 9.66 Å². The van der Waals surface area contributed by atoms with Crippen molar-refractivity contribution >= 4 is 12.2 Å². The van der Waals surface area contributed by atoms with E-state index in [9.17, 15) is 5.11 Å². The summed E-state index contributed by atoms with van der Waals surface area (Å²) in [6, 6.07) is 1.79. The van der Waals surface area contributed by atoms with Crippen molar-refractivity contribution < 1.29 is 9.84 Å². The van der Waals surface area contributed by atoms with Crippen LogP contribution in [0, 0.1) is 20.8 Å². The summed E-state index contributed by atoms with van der Waals surface area (Å²) in [5.41, 5.74) is 8.64. The molecule has 0 aliphatic rings. The minimum atomic E-state index is 0.183. The molecule has 0 saturated carbocycles. The number of nitrogens with zero attached hydrogens (tertiary/aromatic N) is 3. The minimum Gasteiger partial charge on any atom is -0.507 e. The van der Waals surface area contributed by atoms with Crippen LogP contribution >= 0.6 is 0 Å². The van der Waals surface area contributed by atoms with E-state index in [2.05, 4.69) is 10.1 Å². The minimum absolute atomic E-state index is 0.183. The molecule has 0 radical (unpaired) electrons. The number of methoxy groups -OCH3 is 1. The van der Waals surface area contributed by atoms with E-state index in [1.807, 2.05) is 20.8 Å². The molecule has 1 aromatic heterocycles. The first-order chi connectivity index (χ1) is 9.43. The van der Waals surface area contributed by atoms with E-state index in [4.69, 9.17) is 10.5 Å². The van der Waals surface area contributed by atoms with Gasteiger partial charge in [0, 0.05) is 11.1 Å². The quantitative estimate of drug-likeness (QED) is 0.838. The molecule has 0 atom stereocenters. The summed E-state index contributed by atoms with van der Waals surface area (Å²) in [6.07, 6.45) is 3.27. The van der Waals surface area contributed by atoms with E-state index < -0.39 is 0 Å². The van der Waals surface area contributed by atoms with Gasteiger partial charge in [0.15, 0.2) is 0 Å². The van der Waals surface area contributed by atoms with Gasteiger partial charge >= 0.3 is 0 Å². The number of aromatic nitrogens is 2. The molecule has 0 saturated heterocycles. The molecule has 0 amide bonds. The molecule has 6 heteroatoms. The molecule has 0 aliphatic heterocycles. The Bertz CT molecular complexity index is 674. The molecule has 20 heavy (non-hydrogen) atoms. The fourth-order valence-electron chi connectivity index (χ4n) is 1.98. The highest BCUT2D eigenvalue weighted by Crippen LogP contribution is 2.31. The molecule has 0 aliphatic carbocycles. The van der Waals surface area contributed by atoms with Gasteiger partial charge in [-0.2, -0.15) is 5.10 Å². The van der Waals surface area contributed by atoms with Gasteiger partial charge in [-0.3, -0.25) is 0 Å². The second-order valence-electron chi connectivity index (χ2n) is 4.61. The average molecular weight is 274 g/mol. The average Bonchev–Trinajstić information content (AvgIpc) is 2.72. The molecule has 2 aromatic rings. The number of imidazole rings is 1. The highest BCUT2D eigenvalue weighted by molar-refractivity contribution is 5.87. The van der Waals surface area contributed by atoms with Crippen LogP contribution in [0.5, 0.6) is 11.5 Å². The summed E-state index contributed by atoms with van der Waals surface area (Å²) in [5.74, 6) is 1.19. The van der Waals surface area contributed by atoms with Crippen LogP contribution in [0.2, 0.25) is 0 Å². The fraction of sp³-hybridized carbons (Fsp3) is 0.286. The predicted octanol–water partition coefficient (Wildman–Crippen LogP) is 1.99. The number of aromatic hydroxyl groups is 1. The van der Waals surface area contributed by atoms with Gasteiger partial charge in [0.2, 0.25) is 5.95 Å². The maximum absolute atomic E-state index is 10.1. The Labute approximate surface area is 117 Å². The van der Waals surface area contributed by atoms with Gasteiger partial charge in [-0.05, 0) is 32.4 Å². The normalized spacial score (nSPS) is 11.2. The summed E-state index contributed by atoms with van der Waals surface area (Å²) >= 11 is 0. The molecule has 1 aromatic carbocycles. The lowest BCUT2D eigenvalue weighted by atomic mass is 10.0. The summed E-state index contributed by atoms with van der Waals surface area (Å²) < 4.78 is 6.75. The number of nitrogen functional groups attached to an aromatic ring is 1. The van der Waals surface area contributed by atoms with Crippen molar-refractivity contribution in [1.82, 2.24) is 9.66 Å². The maximum Gasteiger partial charge on any atom is 0.221 e. The molecule has 2 rings (SSSR count). The monoisotopic (exact) mass is 274 g/mol. The Morgan fingerprint density at radius 1 is 1.40 bits per heavy atom. The van der Waals surface area contributed by atoms with Crippen LogP contribution in [0.3, 0.4) is 0 Å². The largest absolute Gasteiger partial charge is 0.507 e. The number of anilines is 1. The smallest absolute Gasteiger partial charge is 0.221 e. The van der Waals surface area contributed by atoms with Crippen LogP contribution in [0.1, 0.15) is 22.4 Å². The van der Waals surface area contributed by atoms with E-state index in [0.29, 0.717) is 17.3 Å². The van der Waals surface area contributed by atoms with Crippen LogP contribution < -0.4 is 10.5 Å². The number of benzene rings is 1. The maximum atomic E-state index is 10.1. The van der Waals surface area contributed by atoms with E-state index in [0.717, 1.165) is 16.8 Å². The molecule has 6 nitrogen and oxygen atoms in total. The number of ether oxygens (including phenoxy) is 1. The van der Waals surface area contributed by atoms with Gasteiger partial charge in [0.25, 0.3) is 0 Å². The number of aryl methyl sites for hydroxylation is 2. The van der Waals surface area contributed by atoms with E-state index in [-0.39, 0.29) is 5.75 Å². The fourth-order valence-corrected chi connectivity index (χ4v) is 1.98. The molecular weight excluding hydrogens is 256 g/mol. The number of hydrogen-bond donors (Lipinski definition) is 2. The first kappa shape index (κ1) is 13.9. The summed E-state index contributed by atoms with van der Waals surface area (Å²) in [6.45, 7) is 5.51. The van der Waals surface area contributed by atoms with E-state index in [1.165, 1.54) is 4.68 Å². The van der Waals surface area contributed by atoms with Crippen molar-refractivity contribution in [2.24, 2.45) is 5.10 Å². The van der Waals surface area contributed by atoms with Gasteiger partial charge in [0.1, 0.15) is 11.5 Å². The Morgan fingerprint density at radius 3 is 2.65 bits per heavy atom. The number of nitrogens with two attached hydrogens (primary N) is 1. The molecule has 0 bridgehead atoms. The Morgan fingerprint density at radius 2 is 2.10 bits per heavy atom. The summed E-state index contributed by atoms with van der Waals surface area (Å²) in [7, 11) is 1.59. The molecular formula is C14H18N4O2. The van der Waals surface area contributed by atoms with E-state index in [1.54, 1.807) is 25.6 Å². The topological polar surface area (TPSA) is 85.7 Å². The molecule has 106 valence electrons. The standard InChI is InChI=1S/C14H18N4O2/c1-8-5-12(20-4)10(3)11(13(8)19)6-16-18-7-9(2)17-14(18)15/h5-7,19H,1-4H3,(H2,15,17). The second kappa shape index (κ2) is 5.24. The van der Waals surface area contributed by atoms with Crippen molar-refractivity contribution in [2.45, 2.75) is 20.8 Å². The molecule has 0 spiro atoms. The third-order valence-corrected chi connectivity index (χ3v) is 3.12. The summed E-state index contributed by atoms with van der Waals surface area (Å²) in [4.78, 5) is 4.06. The Kier molecular flexibility index (Phi) is 3.65. The zero-order valence-electron chi connectivity index (χ0n) is 12.0. The Balaban J connectivity index is 2.48. The Hall–Kier alpha value is -2.50. The van der Waals surface area contributed by atoms with Crippen molar-refractivity contribution in [3.05, 3.63) is 34.6 Å². The highest BCUT2D eigenvalue weighted by Gasteiger charge is 2.12. The van der Waals surface area contributed by atoms with Gasteiger partial charge in [-0.1, -0.05) is 0 Å². The highest BCUT2D eigenvalue weighted by atomic mass is 16.5. The SMILES string of the molecule is COc1cc(C)c(O)c(C=Nn2cc(C)nc2N)c1C. The number of phenols is 1. The van der Waals surface area contributed by atoms with Gasteiger partial charge < -0.3 is 15.6 Å². The van der Waals surface area contributed by atoms with Crippen LogP contribution in [0.15, 0.2) is 17.4 Å². The van der Waals surface area contributed by atoms with Crippen molar-refractivity contribution in [3.63, 3.8) is 0 Å². The third-order valence-electron chi connectivity index (χ3n) is 3.12. The zero-order chi connectivity index (χ0) is 14.9. The van der Waals surface area contributed by atoms with Crippen LogP contribution in [-0.2, 0) is 0 Å². The van der Waals surface area contributed by atoms with Crippen LogP contribution in [0.4, 0.5) is 5.95 Å². The van der Waals surface area contributed by atoms with Gasteiger partial charge in [0.05, 0.1) is 25.2 Å². The van der Waals surface area contributed by atoms with Crippen LogP contribution in [0.25, 0.3) is 0 Å². The third kappa shape index (κ3) is 2.45. The second-order valence-corrected chi connectivity index (χ2v) is 4.61. The van der Waals surface area contributed by atoms with Crippen molar-refractivity contribution in [1.29, 1.82) is 0 Å². The molecule has 0 unspecified atom stereocenters. The lowest BCUT2D eigenvalue weighted by molar-refractivity contribution is 0.408. The van der Waals surface area contributed by atoms with Crippen molar-refractivity contribution in [2.75, 3.05) is 12.8 Å². The van der Waals surface area contributed by atoms with Gasteiger partial charge in [-0.15, -0.1) is 0 Å². The predicted molar refractivity (Wildman–Crippen MR) is 78.5 cm³/mol. The van der Waals surface area contributed by atoms with Crippen LogP contribution in [-0.4, -0.2) is 28.1 Å².